The molecule has 3 nitrogen and oxygen atoms in total. The number of hydrogen-bond donors (Lipinski definition) is 1. The Labute approximate surface area is 103 Å². The number of ether oxygens (including phenoxy) is 1. The molecule has 1 fully saturated rings. The average molecular weight is 235 g/mol. The first-order valence-electron chi connectivity index (χ1n) is 6.28. The molecule has 1 N–H and O–H groups in total. The first-order chi connectivity index (χ1) is 8.29. The third-order valence-corrected chi connectivity index (χ3v) is 3.43. The Morgan fingerprint density at radius 1 is 1.24 bits per heavy atom. The number of nitrogens with zero attached hydrogens (tertiary/aromatic N) is 1. The van der Waals surface area contributed by atoms with Gasteiger partial charge in [-0.25, -0.2) is 0 Å². The molecule has 94 valence electrons. The molecule has 0 amide bonds. The molecule has 0 bridgehead atoms. The van der Waals surface area contributed by atoms with Crippen molar-refractivity contribution in [2.24, 2.45) is 5.92 Å². The van der Waals surface area contributed by atoms with Gasteiger partial charge in [-0.2, -0.15) is 0 Å². The molecule has 0 unspecified atom stereocenters. The Kier molecular flexibility index (Phi) is 4.40. The molecule has 1 aromatic carbocycles. The van der Waals surface area contributed by atoms with Crippen molar-refractivity contribution in [2.75, 3.05) is 31.7 Å². The van der Waals surface area contributed by atoms with E-state index in [0.29, 0.717) is 0 Å². The van der Waals surface area contributed by atoms with E-state index in [4.69, 9.17) is 9.84 Å². The van der Waals surface area contributed by atoms with Crippen LogP contribution in [0.5, 0.6) is 0 Å². The maximum Gasteiger partial charge on any atom is 0.0681 e. The molecule has 0 atom stereocenters. The predicted molar refractivity (Wildman–Crippen MR) is 69.2 cm³/mol. The van der Waals surface area contributed by atoms with Crippen molar-refractivity contribution >= 4 is 5.69 Å². The highest BCUT2D eigenvalue weighted by Crippen LogP contribution is 2.20. The highest BCUT2D eigenvalue weighted by Gasteiger charge is 2.15. The monoisotopic (exact) mass is 235 g/mol. The zero-order valence-corrected chi connectivity index (χ0v) is 10.4. The fourth-order valence-electron chi connectivity index (χ4n) is 2.28. The van der Waals surface area contributed by atoms with E-state index in [2.05, 4.69) is 24.1 Å². The van der Waals surface area contributed by atoms with Gasteiger partial charge in [-0.15, -0.1) is 0 Å². The minimum absolute atomic E-state index is 0.115. The second kappa shape index (κ2) is 6.03. The standard InChI is InChI=1S/C14H21NO2/c1-15(10-12-6-8-17-9-7-12)14-4-2-13(11-16)3-5-14/h2-5,12,16H,6-11H2,1H3. The first-order valence-corrected chi connectivity index (χ1v) is 6.28. The van der Waals surface area contributed by atoms with Crippen LogP contribution in [0, 0.1) is 5.92 Å². The molecule has 17 heavy (non-hydrogen) atoms. The lowest BCUT2D eigenvalue weighted by atomic mass is 9.99. The van der Waals surface area contributed by atoms with Crippen LogP contribution in [0.25, 0.3) is 0 Å². The second-order valence-electron chi connectivity index (χ2n) is 4.76. The van der Waals surface area contributed by atoms with Crippen LogP contribution in [0.2, 0.25) is 0 Å². The lowest BCUT2D eigenvalue weighted by Gasteiger charge is -2.28. The zero-order chi connectivity index (χ0) is 12.1. The van der Waals surface area contributed by atoms with Gasteiger partial charge in [0.15, 0.2) is 0 Å². The topological polar surface area (TPSA) is 32.7 Å². The van der Waals surface area contributed by atoms with Gasteiger partial charge >= 0.3 is 0 Å². The zero-order valence-electron chi connectivity index (χ0n) is 10.4. The Morgan fingerprint density at radius 3 is 2.47 bits per heavy atom. The van der Waals surface area contributed by atoms with Crippen molar-refractivity contribution in [1.29, 1.82) is 0 Å². The van der Waals surface area contributed by atoms with E-state index >= 15 is 0 Å². The van der Waals surface area contributed by atoms with Crippen LogP contribution in [0.1, 0.15) is 18.4 Å². The molecule has 1 saturated heterocycles. The Balaban J connectivity index is 1.91. The quantitative estimate of drug-likeness (QED) is 0.867. The Bertz CT molecular complexity index is 331. The highest BCUT2D eigenvalue weighted by molar-refractivity contribution is 5.46. The van der Waals surface area contributed by atoms with Crippen LogP contribution in [0.15, 0.2) is 24.3 Å². The summed E-state index contributed by atoms with van der Waals surface area (Å²) in [6.07, 6.45) is 2.33. The Hall–Kier alpha value is -1.06. The third-order valence-electron chi connectivity index (χ3n) is 3.43. The molecule has 0 spiro atoms. The van der Waals surface area contributed by atoms with Crippen molar-refractivity contribution in [3.05, 3.63) is 29.8 Å². The fourth-order valence-corrected chi connectivity index (χ4v) is 2.28. The Morgan fingerprint density at radius 2 is 1.88 bits per heavy atom. The number of hydrogen-bond acceptors (Lipinski definition) is 3. The van der Waals surface area contributed by atoms with Crippen LogP contribution in [-0.2, 0) is 11.3 Å². The van der Waals surface area contributed by atoms with E-state index in [9.17, 15) is 0 Å². The number of aliphatic hydroxyl groups is 1. The molecule has 0 aliphatic carbocycles. The van der Waals surface area contributed by atoms with Gasteiger partial charge in [-0.05, 0) is 36.5 Å². The summed E-state index contributed by atoms with van der Waals surface area (Å²) < 4.78 is 5.37. The van der Waals surface area contributed by atoms with Gasteiger partial charge in [-0.1, -0.05) is 12.1 Å². The summed E-state index contributed by atoms with van der Waals surface area (Å²) >= 11 is 0. The van der Waals surface area contributed by atoms with Gasteiger partial charge in [-0.3, -0.25) is 0 Å². The molecule has 3 heteroatoms. The molecular formula is C14H21NO2. The molecular weight excluding hydrogens is 214 g/mol. The summed E-state index contributed by atoms with van der Waals surface area (Å²) in [5.74, 6) is 0.742. The lowest BCUT2D eigenvalue weighted by Crippen LogP contribution is -2.29. The number of benzene rings is 1. The van der Waals surface area contributed by atoms with Gasteiger partial charge in [0.25, 0.3) is 0 Å². The molecule has 1 aliphatic heterocycles. The van der Waals surface area contributed by atoms with E-state index in [-0.39, 0.29) is 6.61 Å². The minimum Gasteiger partial charge on any atom is -0.392 e. The van der Waals surface area contributed by atoms with Crippen LogP contribution in [0.4, 0.5) is 5.69 Å². The van der Waals surface area contributed by atoms with Crippen LogP contribution in [0.3, 0.4) is 0 Å². The molecule has 1 aliphatic rings. The van der Waals surface area contributed by atoms with Crippen molar-refractivity contribution in [1.82, 2.24) is 0 Å². The normalized spacial score (nSPS) is 17.1. The molecule has 0 aromatic heterocycles. The average Bonchev–Trinajstić information content (AvgIpc) is 2.40. The summed E-state index contributed by atoms with van der Waals surface area (Å²) in [6, 6.07) is 8.11. The summed E-state index contributed by atoms with van der Waals surface area (Å²) in [4.78, 5) is 2.29. The maximum atomic E-state index is 9.00. The van der Waals surface area contributed by atoms with E-state index in [1.807, 2.05) is 12.1 Å². The van der Waals surface area contributed by atoms with Crippen molar-refractivity contribution in [3.63, 3.8) is 0 Å². The van der Waals surface area contributed by atoms with Gasteiger partial charge in [0, 0.05) is 32.5 Å². The SMILES string of the molecule is CN(CC1CCOCC1)c1ccc(CO)cc1. The molecule has 1 aromatic rings. The third kappa shape index (κ3) is 3.45. The minimum atomic E-state index is 0.115. The van der Waals surface area contributed by atoms with Crippen molar-refractivity contribution in [2.45, 2.75) is 19.4 Å². The molecule has 2 rings (SSSR count). The van der Waals surface area contributed by atoms with Gasteiger partial charge < -0.3 is 14.7 Å². The van der Waals surface area contributed by atoms with E-state index in [0.717, 1.165) is 31.2 Å². The van der Waals surface area contributed by atoms with Crippen LogP contribution < -0.4 is 4.90 Å². The van der Waals surface area contributed by atoms with E-state index < -0.39 is 0 Å². The predicted octanol–water partition coefficient (Wildman–Crippen LogP) is 2.04. The number of aliphatic hydroxyl groups excluding tert-OH is 1. The van der Waals surface area contributed by atoms with E-state index in [1.165, 1.54) is 18.5 Å². The van der Waals surface area contributed by atoms with Gasteiger partial charge in [0.05, 0.1) is 6.61 Å². The van der Waals surface area contributed by atoms with Crippen LogP contribution >= 0.6 is 0 Å². The first kappa shape index (κ1) is 12.4. The maximum absolute atomic E-state index is 9.00. The van der Waals surface area contributed by atoms with Crippen molar-refractivity contribution < 1.29 is 9.84 Å². The fraction of sp³-hybridized carbons (Fsp3) is 0.571. The highest BCUT2D eigenvalue weighted by atomic mass is 16.5. The molecule has 0 saturated carbocycles. The number of rotatable bonds is 4. The summed E-state index contributed by atoms with van der Waals surface area (Å²) in [6.45, 7) is 3.01. The van der Waals surface area contributed by atoms with Gasteiger partial charge in [0.1, 0.15) is 0 Å². The second-order valence-corrected chi connectivity index (χ2v) is 4.76. The van der Waals surface area contributed by atoms with E-state index in [1.54, 1.807) is 0 Å². The number of anilines is 1. The summed E-state index contributed by atoms with van der Waals surface area (Å²) in [5.41, 5.74) is 2.18. The molecule has 0 radical (unpaired) electrons. The summed E-state index contributed by atoms with van der Waals surface area (Å²) in [5, 5.41) is 9.00. The summed E-state index contributed by atoms with van der Waals surface area (Å²) in [7, 11) is 2.13. The van der Waals surface area contributed by atoms with Crippen molar-refractivity contribution in [3.8, 4) is 0 Å². The lowest BCUT2D eigenvalue weighted by molar-refractivity contribution is 0.0685. The van der Waals surface area contributed by atoms with Gasteiger partial charge in [0.2, 0.25) is 0 Å². The van der Waals surface area contributed by atoms with Crippen LogP contribution in [-0.4, -0.2) is 31.9 Å². The largest absolute Gasteiger partial charge is 0.392 e. The smallest absolute Gasteiger partial charge is 0.0681 e. The molecule has 1 heterocycles.